The van der Waals surface area contributed by atoms with Crippen molar-refractivity contribution in [2.75, 3.05) is 6.61 Å². The van der Waals surface area contributed by atoms with Gasteiger partial charge >= 0.3 is 5.97 Å². The molecule has 0 unspecified atom stereocenters. The van der Waals surface area contributed by atoms with Gasteiger partial charge in [0.2, 0.25) is 0 Å². The molecule has 0 amide bonds. The van der Waals surface area contributed by atoms with Gasteiger partial charge in [-0.25, -0.2) is 4.79 Å². The van der Waals surface area contributed by atoms with Crippen molar-refractivity contribution in [2.45, 2.75) is 40.5 Å². The number of carbonyl (C=O) groups is 1. The molecular formula is C21H23BrN2O3. The Kier molecular flexibility index (Phi) is 5.38. The van der Waals surface area contributed by atoms with E-state index in [0.717, 1.165) is 33.3 Å². The van der Waals surface area contributed by atoms with E-state index >= 15 is 0 Å². The number of aromatic nitrogens is 1. The number of fused-ring (bicyclic) bond motifs is 1. The molecule has 1 aromatic carbocycles. The molecule has 3 rings (SSSR count). The Bertz CT molecular complexity index is 935. The smallest absolute Gasteiger partial charge is 0.340 e. The van der Waals surface area contributed by atoms with Crippen molar-refractivity contribution >= 4 is 27.6 Å². The number of hydrogen-bond acceptors (Lipinski definition) is 5. The lowest BCUT2D eigenvalue weighted by molar-refractivity contribution is 0.0526. The second kappa shape index (κ2) is 7.43. The third-order valence-electron chi connectivity index (χ3n) is 4.75. The Labute approximate surface area is 167 Å². The first kappa shape index (κ1) is 19.5. The highest BCUT2D eigenvalue weighted by Crippen LogP contribution is 2.41. The molecular weight excluding hydrogens is 408 g/mol. The molecule has 0 radical (unpaired) electrons. The van der Waals surface area contributed by atoms with Gasteiger partial charge in [0.25, 0.3) is 0 Å². The quantitative estimate of drug-likeness (QED) is 0.415. The van der Waals surface area contributed by atoms with Crippen molar-refractivity contribution in [3.05, 3.63) is 51.3 Å². The van der Waals surface area contributed by atoms with Gasteiger partial charge in [0.05, 0.1) is 29.3 Å². The summed E-state index contributed by atoms with van der Waals surface area (Å²) in [7, 11) is 0. The highest BCUT2D eigenvalue weighted by molar-refractivity contribution is 9.10. The second-order valence-corrected chi connectivity index (χ2v) is 8.48. The molecule has 0 aliphatic heterocycles. The Morgan fingerprint density at radius 2 is 2.07 bits per heavy atom. The van der Waals surface area contributed by atoms with E-state index in [-0.39, 0.29) is 12.0 Å². The number of rotatable bonds is 3. The minimum atomic E-state index is -0.414. The molecule has 0 spiro atoms. The summed E-state index contributed by atoms with van der Waals surface area (Å²) >= 11 is 3.51. The van der Waals surface area contributed by atoms with Crippen LogP contribution in [0.2, 0.25) is 0 Å². The molecule has 6 heteroatoms. The molecule has 1 aliphatic carbocycles. The van der Waals surface area contributed by atoms with Crippen LogP contribution in [0.5, 0.6) is 0 Å². The van der Waals surface area contributed by atoms with E-state index in [4.69, 9.17) is 9.72 Å². The summed E-state index contributed by atoms with van der Waals surface area (Å²) in [5, 5.41) is 13.3. The largest absolute Gasteiger partial charge is 0.462 e. The standard InChI is InChI=1S/C21H23BrN2O3/c1-5-27-20(25)17-12(2)23-15-10-21(3,4)11-16(24-26)19(15)18(17)13-7-6-8-14(22)9-13/h6-9,26H,5,10-11H2,1-4H3/b24-16-. The van der Waals surface area contributed by atoms with Crippen molar-refractivity contribution in [3.8, 4) is 11.1 Å². The fourth-order valence-corrected chi connectivity index (χ4v) is 4.13. The SMILES string of the molecule is CCOC(=O)c1c(C)nc2c(c1-c1cccc(Br)c1)/C(=N\O)CC(C)(C)C2. The zero-order valence-corrected chi connectivity index (χ0v) is 17.6. The summed E-state index contributed by atoms with van der Waals surface area (Å²) in [6.07, 6.45) is 1.34. The maximum absolute atomic E-state index is 12.8. The van der Waals surface area contributed by atoms with Crippen LogP contribution in [0.1, 0.15) is 54.5 Å². The van der Waals surface area contributed by atoms with Gasteiger partial charge in [0, 0.05) is 15.6 Å². The van der Waals surface area contributed by atoms with Gasteiger partial charge in [-0.15, -0.1) is 0 Å². The molecule has 0 saturated carbocycles. The highest BCUT2D eigenvalue weighted by atomic mass is 79.9. The summed E-state index contributed by atoms with van der Waals surface area (Å²) in [5.74, 6) is -0.414. The molecule has 27 heavy (non-hydrogen) atoms. The minimum Gasteiger partial charge on any atom is -0.462 e. The molecule has 1 aliphatic rings. The van der Waals surface area contributed by atoms with Crippen LogP contribution < -0.4 is 0 Å². The predicted molar refractivity (Wildman–Crippen MR) is 108 cm³/mol. The first-order chi connectivity index (χ1) is 12.8. The van der Waals surface area contributed by atoms with Gasteiger partial charge in [-0.3, -0.25) is 4.98 Å². The van der Waals surface area contributed by atoms with Crippen molar-refractivity contribution in [1.82, 2.24) is 4.98 Å². The third-order valence-corrected chi connectivity index (χ3v) is 5.24. The van der Waals surface area contributed by atoms with Crippen LogP contribution in [0, 0.1) is 12.3 Å². The maximum Gasteiger partial charge on any atom is 0.340 e. The number of aryl methyl sites for hydroxylation is 1. The number of oxime groups is 1. The lowest BCUT2D eigenvalue weighted by atomic mass is 9.73. The first-order valence-corrected chi connectivity index (χ1v) is 9.74. The average Bonchev–Trinajstić information content (AvgIpc) is 2.59. The maximum atomic E-state index is 12.8. The van der Waals surface area contributed by atoms with Crippen LogP contribution in [0.4, 0.5) is 0 Å². The number of benzene rings is 1. The van der Waals surface area contributed by atoms with Crippen LogP contribution >= 0.6 is 15.9 Å². The molecule has 1 aromatic heterocycles. The lowest BCUT2D eigenvalue weighted by Gasteiger charge is -2.33. The number of nitrogens with zero attached hydrogens (tertiary/aromatic N) is 2. The van der Waals surface area contributed by atoms with E-state index in [1.165, 1.54) is 0 Å². The summed E-state index contributed by atoms with van der Waals surface area (Å²) in [6.45, 7) is 8.12. The zero-order chi connectivity index (χ0) is 19.8. The molecule has 1 N–H and O–H groups in total. The van der Waals surface area contributed by atoms with Gasteiger partial charge in [-0.05, 0) is 49.8 Å². The molecule has 1 heterocycles. The molecule has 0 atom stereocenters. The highest BCUT2D eigenvalue weighted by Gasteiger charge is 2.36. The summed E-state index contributed by atoms with van der Waals surface area (Å²) in [4.78, 5) is 17.5. The van der Waals surface area contributed by atoms with Crippen LogP contribution in [0.15, 0.2) is 33.9 Å². The van der Waals surface area contributed by atoms with Crippen molar-refractivity contribution in [3.63, 3.8) is 0 Å². The number of hydrogen-bond donors (Lipinski definition) is 1. The molecule has 5 nitrogen and oxygen atoms in total. The fourth-order valence-electron chi connectivity index (χ4n) is 3.73. The monoisotopic (exact) mass is 430 g/mol. The Morgan fingerprint density at radius 1 is 1.33 bits per heavy atom. The van der Waals surface area contributed by atoms with Gasteiger partial charge in [-0.2, -0.15) is 0 Å². The van der Waals surface area contributed by atoms with Gasteiger partial charge < -0.3 is 9.94 Å². The fraction of sp³-hybridized carbons (Fsp3) is 0.381. The van der Waals surface area contributed by atoms with Crippen LogP contribution in [-0.2, 0) is 11.2 Å². The molecule has 0 bridgehead atoms. The van der Waals surface area contributed by atoms with Crippen molar-refractivity contribution < 1.29 is 14.7 Å². The van der Waals surface area contributed by atoms with E-state index in [1.807, 2.05) is 31.2 Å². The van der Waals surface area contributed by atoms with E-state index in [9.17, 15) is 10.0 Å². The average molecular weight is 431 g/mol. The predicted octanol–water partition coefficient (Wildman–Crippen LogP) is 5.15. The Balaban J connectivity index is 2.40. The molecule has 2 aromatic rings. The van der Waals surface area contributed by atoms with Crippen molar-refractivity contribution in [2.24, 2.45) is 10.6 Å². The molecule has 142 valence electrons. The normalized spacial score (nSPS) is 16.9. The minimum absolute atomic E-state index is 0.0754. The first-order valence-electron chi connectivity index (χ1n) is 8.95. The number of pyridine rings is 1. The number of carbonyl (C=O) groups excluding carboxylic acids is 1. The number of halogens is 1. The number of ether oxygens (including phenoxy) is 1. The third kappa shape index (κ3) is 3.76. The van der Waals surface area contributed by atoms with Crippen LogP contribution in [0.25, 0.3) is 11.1 Å². The second-order valence-electron chi connectivity index (χ2n) is 7.56. The Morgan fingerprint density at radius 3 is 2.70 bits per heavy atom. The summed E-state index contributed by atoms with van der Waals surface area (Å²) in [5.41, 5.74) is 4.69. The van der Waals surface area contributed by atoms with Gasteiger partial charge in [-0.1, -0.05) is 47.1 Å². The summed E-state index contributed by atoms with van der Waals surface area (Å²) in [6, 6.07) is 7.74. The van der Waals surface area contributed by atoms with Gasteiger partial charge in [0.15, 0.2) is 0 Å². The van der Waals surface area contributed by atoms with E-state index in [1.54, 1.807) is 6.92 Å². The number of esters is 1. The molecule has 0 saturated heterocycles. The van der Waals surface area contributed by atoms with E-state index in [0.29, 0.717) is 23.4 Å². The lowest BCUT2D eigenvalue weighted by Crippen LogP contribution is -2.30. The van der Waals surface area contributed by atoms with Crippen molar-refractivity contribution in [1.29, 1.82) is 0 Å². The van der Waals surface area contributed by atoms with E-state index < -0.39 is 5.97 Å². The Hall–Kier alpha value is -2.21. The van der Waals surface area contributed by atoms with Gasteiger partial charge in [0.1, 0.15) is 0 Å². The van der Waals surface area contributed by atoms with Crippen LogP contribution in [-0.4, -0.2) is 28.5 Å². The van der Waals surface area contributed by atoms with E-state index in [2.05, 4.69) is 34.9 Å². The topological polar surface area (TPSA) is 71.8 Å². The molecule has 0 fully saturated rings. The van der Waals surface area contributed by atoms with Crippen LogP contribution in [0.3, 0.4) is 0 Å². The summed E-state index contributed by atoms with van der Waals surface area (Å²) < 4.78 is 6.21. The zero-order valence-electron chi connectivity index (χ0n) is 16.0.